The average molecular weight is 299 g/mol. The molecule has 1 aromatic rings. The number of sulfone groups is 1. The SMILES string of the molecule is CNC(Cc1ccn(C2CCCC2)n1)C(C)S(C)(=O)=O. The zero-order chi connectivity index (χ0) is 14.8. The first kappa shape index (κ1) is 15.5. The van der Waals surface area contributed by atoms with Crippen LogP contribution in [-0.2, 0) is 16.3 Å². The van der Waals surface area contributed by atoms with Gasteiger partial charge in [-0.3, -0.25) is 4.68 Å². The molecule has 0 aliphatic heterocycles. The standard InChI is InChI=1S/C14H25N3O2S/c1-11(20(3,18)19)14(15-2)10-12-8-9-17(16-12)13-6-4-5-7-13/h8-9,11,13-15H,4-7,10H2,1-3H3. The van der Waals surface area contributed by atoms with Crippen molar-refractivity contribution >= 4 is 9.84 Å². The van der Waals surface area contributed by atoms with Gasteiger partial charge in [-0.2, -0.15) is 5.10 Å². The molecule has 114 valence electrons. The van der Waals surface area contributed by atoms with Crippen molar-refractivity contribution in [3.63, 3.8) is 0 Å². The van der Waals surface area contributed by atoms with Gasteiger partial charge >= 0.3 is 0 Å². The van der Waals surface area contributed by atoms with Crippen LogP contribution in [0.2, 0.25) is 0 Å². The zero-order valence-electron chi connectivity index (χ0n) is 12.5. The van der Waals surface area contributed by atoms with Crippen LogP contribution in [0, 0.1) is 0 Å². The van der Waals surface area contributed by atoms with Gasteiger partial charge in [-0.1, -0.05) is 12.8 Å². The van der Waals surface area contributed by atoms with Gasteiger partial charge in [0.1, 0.15) is 0 Å². The molecule has 1 saturated carbocycles. The molecule has 0 saturated heterocycles. The van der Waals surface area contributed by atoms with Gasteiger partial charge in [0, 0.05) is 24.9 Å². The highest BCUT2D eigenvalue weighted by Gasteiger charge is 2.26. The molecule has 1 N–H and O–H groups in total. The first-order chi connectivity index (χ1) is 9.41. The molecule has 1 aliphatic rings. The second kappa shape index (κ2) is 6.26. The van der Waals surface area contributed by atoms with E-state index in [2.05, 4.69) is 15.1 Å². The molecule has 0 spiro atoms. The molecule has 2 unspecified atom stereocenters. The molecule has 0 bridgehead atoms. The highest BCUT2D eigenvalue weighted by atomic mass is 32.2. The number of rotatable bonds is 6. The smallest absolute Gasteiger partial charge is 0.151 e. The van der Waals surface area contributed by atoms with Gasteiger partial charge in [-0.15, -0.1) is 0 Å². The summed E-state index contributed by atoms with van der Waals surface area (Å²) in [6, 6.07) is 2.44. The highest BCUT2D eigenvalue weighted by molar-refractivity contribution is 7.91. The third-order valence-corrected chi connectivity index (χ3v) is 6.08. The summed E-state index contributed by atoms with van der Waals surface area (Å²) in [5.74, 6) is 0. The van der Waals surface area contributed by atoms with Gasteiger partial charge in [0.05, 0.1) is 17.0 Å². The summed E-state index contributed by atoms with van der Waals surface area (Å²) >= 11 is 0. The van der Waals surface area contributed by atoms with Crippen molar-refractivity contribution in [1.29, 1.82) is 0 Å². The topological polar surface area (TPSA) is 64.0 Å². The van der Waals surface area contributed by atoms with Crippen molar-refractivity contribution in [2.24, 2.45) is 0 Å². The maximum atomic E-state index is 11.7. The van der Waals surface area contributed by atoms with E-state index < -0.39 is 15.1 Å². The molecule has 5 nitrogen and oxygen atoms in total. The lowest BCUT2D eigenvalue weighted by atomic mass is 10.1. The molecule has 6 heteroatoms. The van der Waals surface area contributed by atoms with E-state index in [-0.39, 0.29) is 6.04 Å². The molecule has 1 fully saturated rings. The van der Waals surface area contributed by atoms with Gasteiger partial charge in [0.15, 0.2) is 9.84 Å². The van der Waals surface area contributed by atoms with Crippen molar-refractivity contribution < 1.29 is 8.42 Å². The molecule has 2 rings (SSSR count). The molecule has 0 amide bonds. The first-order valence-electron chi connectivity index (χ1n) is 7.32. The Bertz CT molecular complexity index is 532. The summed E-state index contributed by atoms with van der Waals surface area (Å²) in [4.78, 5) is 0. The Hall–Kier alpha value is -0.880. The maximum Gasteiger partial charge on any atom is 0.151 e. The van der Waals surface area contributed by atoms with Crippen LogP contribution in [0.5, 0.6) is 0 Å². The quantitative estimate of drug-likeness (QED) is 0.866. The Kier molecular flexibility index (Phi) is 4.86. The number of hydrogen-bond donors (Lipinski definition) is 1. The fraction of sp³-hybridized carbons (Fsp3) is 0.786. The van der Waals surface area contributed by atoms with Crippen LogP contribution >= 0.6 is 0 Å². The van der Waals surface area contributed by atoms with Crippen LogP contribution < -0.4 is 5.32 Å². The molecule has 20 heavy (non-hydrogen) atoms. The molecular weight excluding hydrogens is 274 g/mol. The van der Waals surface area contributed by atoms with Gasteiger partial charge in [-0.25, -0.2) is 8.42 Å². The normalized spacial score (nSPS) is 20.1. The van der Waals surface area contributed by atoms with Crippen molar-refractivity contribution in [3.8, 4) is 0 Å². The molecule has 2 atom stereocenters. The minimum absolute atomic E-state index is 0.100. The summed E-state index contributed by atoms with van der Waals surface area (Å²) in [6.45, 7) is 1.75. The van der Waals surface area contributed by atoms with Crippen molar-refractivity contribution in [3.05, 3.63) is 18.0 Å². The summed E-state index contributed by atoms with van der Waals surface area (Å²) < 4.78 is 25.4. The fourth-order valence-electron chi connectivity index (χ4n) is 2.88. The lowest BCUT2D eigenvalue weighted by Crippen LogP contribution is -2.42. The Morgan fingerprint density at radius 1 is 1.45 bits per heavy atom. The number of likely N-dealkylation sites (N-methyl/N-ethyl adjacent to an activating group) is 1. The van der Waals surface area contributed by atoms with Crippen LogP contribution in [-0.4, -0.2) is 42.8 Å². The fourth-order valence-corrected chi connectivity index (χ4v) is 3.71. The van der Waals surface area contributed by atoms with E-state index in [0.29, 0.717) is 12.5 Å². The molecule has 1 aromatic heterocycles. The minimum Gasteiger partial charge on any atom is -0.315 e. The van der Waals surface area contributed by atoms with E-state index in [9.17, 15) is 8.42 Å². The van der Waals surface area contributed by atoms with E-state index in [0.717, 1.165) is 5.69 Å². The largest absolute Gasteiger partial charge is 0.315 e. The average Bonchev–Trinajstić information content (AvgIpc) is 3.04. The lowest BCUT2D eigenvalue weighted by molar-refractivity contribution is 0.456. The predicted molar refractivity (Wildman–Crippen MR) is 80.6 cm³/mol. The molecule has 0 radical (unpaired) electrons. The van der Waals surface area contributed by atoms with Gasteiger partial charge < -0.3 is 5.32 Å². The Morgan fingerprint density at radius 3 is 2.65 bits per heavy atom. The summed E-state index contributed by atoms with van der Waals surface area (Å²) in [7, 11) is -1.23. The van der Waals surface area contributed by atoms with E-state index in [1.165, 1.54) is 31.9 Å². The Morgan fingerprint density at radius 2 is 2.10 bits per heavy atom. The molecule has 1 heterocycles. The van der Waals surface area contributed by atoms with Crippen molar-refractivity contribution in [2.45, 2.75) is 56.4 Å². The van der Waals surface area contributed by atoms with E-state index in [1.54, 1.807) is 14.0 Å². The summed E-state index contributed by atoms with van der Waals surface area (Å²) in [6.07, 6.45) is 8.94. The zero-order valence-corrected chi connectivity index (χ0v) is 13.4. The third kappa shape index (κ3) is 3.61. The van der Waals surface area contributed by atoms with Gasteiger partial charge in [0.25, 0.3) is 0 Å². The van der Waals surface area contributed by atoms with Gasteiger partial charge in [0.2, 0.25) is 0 Å². The Labute approximate surface area is 121 Å². The molecule has 1 aliphatic carbocycles. The van der Waals surface area contributed by atoms with Crippen LogP contribution in [0.1, 0.15) is 44.3 Å². The molecule has 0 aromatic carbocycles. The summed E-state index contributed by atoms with van der Waals surface area (Å²) in [5.41, 5.74) is 0.965. The lowest BCUT2D eigenvalue weighted by Gasteiger charge is -2.21. The Balaban J connectivity index is 2.04. The van der Waals surface area contributed by atoms with Crippen molar-refractivity contribution in [2.75, 3.05) is 13.3 Å². The van der Waals surface area contributed by atoms with Crippen molar-refractivity contribution in [1.82, 2.24) is 15.1 Å². The second-order valence-electron chi connectivity index (χ2n) is 5.86. The number of hydrogen-bond acceptors (Lipinski definition) is 4. The molecular formula is C14H25N3O2S. The monoisotopic (exact) mass is 299 g/mol. The van der Waals surface area contributed by atoms with Crippen LogP contribution in [0.4, 0.5) is 0 Å². The maximum absolute atomic E-state index is 11.7. The number of nitrogens with zero attached hydrogens (tertiary/aromatic N) is 2. The van der Waals surface area contributed by atoms with E-state index in [1.807, 2.05) is 12.3 Å². The number of aromatic nitrogens is 2. The van der Waals surface area contributed by atoms with Crippen LogP contribution in [0.3, 0.4) is 0 Å². The predicted octanol–water partition coefficient (Wildman–Crippen LogP) is 1.56. The van der Waals surface area contributed by atoms with Crippen LogP contribution in [0.15, 0.2) is 12.3 Å². The van der Waals surface area contributed by atoms with E-state index >= 15 is 0 Å². The van der Waals surface area contributed by atoms with Gasteiger partial charge in [-0.05, 0) is 32.9 Å². The van der Waals surface area contributed by atoms with E-state index in [4.69, 9.17) is 0 Å². The third-order valence-electron chi connectivity index (χ3n) is 4.40. The minimum atomic E-state index is -3.04. The number of nitrogens with one attached hydrogen (secondary N) is 1. The van der Waals surface area contributed by atoms with Crippen LogP contribution in [0.25, 0.3) is 0 Å². The first-order valence-corrected chi connectivity index (χ1v) is 9.27. The highest BCUT2D eigenvalue weighted by Crippen LogP contribution is 2.28. The summed E-state index contributed by atoms with van der Waals surface area (Å²) in [5, 5.41) is 7.32. The second-order valence-corrected chi connectivity index (χ2v) is 8.26.